The Kier molecular flexibility index (Phi) is 6.55. The Bertz CT molecular complexity index is 1060. The van der Waals surface area contributed by atoms with Crippen LogP contribution in [0.4, 0.5) is 0 Å². The molecule has 9 nitrogen and oxygen atoms in total. The summed E-state index contributed by atoms with van der Waals surface area (Å²) in [5, 5.41) is 4.20. The molecule has 9 heteroatoms. The molecule has 1 saturated heterocycles. The summed E-state index contributed by atoms with van der Waals surface area (Å²) in [5.74, 6) is 0.945. The Hall–Kier alpha value is -3.59. The molecule has 1 amide bonds. The molecule has 0 unspecified atom stereocenters. The van der Waals surface area contributed by atoms with Crippen molar-refractivity contribution in [1.82, 2.24) is 19.6 Å². The van der Waals surface area contributed by atoms with Crippen LogP contribution < -0.4 is 4.74 Å². The van der Waals surface area contributed by atoms with E-state index in [1.54, 1.807) is 41.1 Å². The number of hydrogen-bond donors (Lipinski definition) is 0. The van der Waals surface area contributed by atoms with E-state index >= 15 is 0 Å². The van der Waals surface area contributed by atoms with E-state index in [2.05, 4.69) is 14.7 Å². The summed E-state index contributed by atoms with van der Waals surface area (Å²) in [5.41, 5.74) is 1.62. The van der Waals surface area contributed by atoms with Crippen LogP contribution in [-0.2, 0) is 24.9 Å². The quantitative estimate of drug-likeness (QED) is 0.523. The molecule has 0 spiro atoms. The minimum Gasteiger partial charge on any atom is -0.486 e. The fraction of sp³-hybridized carbons (Fsp3) is 0.348. The summed E-state index contributed by atoms with van der Waals surface area (Å²) in [6, 6.07) is 10.1. The van der Waals surface area contributed by atoms with Gasteiger partial charge in [0, 0.05) is 51.5 Å². The molecule has 0 saturated carbocycles. The van der Waals surface area contributed by atoms with Gasteiger partial charge in [0.25, 0.3) is 5.91 Å². The second kappa shape index (κ2) is 9.69. The minimum absolute atomic E-state index is 0.111. The van der Waals surface area contributed by atoms with Crippen molar-refractivity contribution < 1.29 is 23.5 Å². The number of benzene rings is 1. The largest absolute Gasteiger partial charge is 0.486 e. The van der Waals surface area contributed by atoms with Crippen molar-refractivity contribution in [3.05, 3.63) is 71.4 Å². The van der Waals surface area contributed by atoms with E-state index in [1.807, 2.05) is 24.3 Å². The number of amides is 1. The molecule has 0 radical (unpaired) electrons. The van der Waals surface area contributed by atoms with Crippen LogP contribution in [0.2, 0.25) is 0 Å². The van der Waals surface area contributed by atoms with E-state index < -0.39 is 5.97 Å². The molecule has 1 fully saturated rings. The van der Waals surface area contributed by atoms with Crippen LogP contribution in [0.1, 0.15) is 32.2 Å². The summed E-state index contributed by atoms with van der Waals surface area (Å²) < 4.78 is 17.9. The topological polar surface area (TPSA) is 90.0 Å². The number of methoxy groups -OCH3 is 1. The normalized spacial score (nSPS) is 14.4. The molecule has 1 aliphatic heterocycles. The van der Waals surface area contributed by atoms with Crippen molar-refractivity contribution >= 4 is 11.9 Å². The van der Waals surface area contributed by atoms with Crippen molar-refractivity contribution in [2.45, 2.75) is 13.2 Å². The highest BCUT2D eigenvalue weighted by atomic mass is 16.5. The van der Waals surface area contributed by atoms with E-state index in [1.165, 1.54) is 12.7 Å². The molecule has 0 bridgehead atoms. The molecule has 3 heterocycles. The van der Waals surface area contributed by atoms with Crippen LogP contribution in [-0.4, -0.2) is 64.7 Å². The highest BCUT2D eigenvalue weighted by molar-refractivity contribution is 5.91. The Morgan fingerprint density at radius 1 is 1.06 bits per heavy atom. The van der Waals surface area contributed by atoms with Crippen LogP contribution in [0.15, 0.2) is 53.2 Å². The van der Waals surface area contributed by atoms with Gasteiger partial charge < -0.3 is 18.8 Å². The molecule has 1 aromatic carbocycles. The number of aromatic nitrogens is 2. The number of furan rings is 1. The molecule has 4 rings (SSSR count). The maximum Gasteiger partial charge on any atom is 0.337 e. The van der Waals surface area contributed by atoms with Gasteiger partial charge in [-0.15, -0.1) is 0 Å². The summed E-state index contributed by atoms with van der Waals surface area (Å²) in [6.45, 7) is 3.93. The number of aryl methyl sites for hydroxylation is 1. The third-order valence-electron chi connectivity index (χ3n) is 5.35. The van der Waals surface area contributed by atoms with Gasteiger partial charge in [-0.25, -0.2) is 4.79 Å². The number of carbonyl (C=O) groups excluding carboxylic acids is 2. The van der Waals surface area contributed by atoms with Gasteiger partial charge in [-0.1, -0.05) is 0 Å². The first-order valence-electron chi connectivity index (χ1n) is 10.4. The highest BCUT2D eigenvalue weighted by Gasteiger charge is 2.24. The first-order valence-corrected chi connectivity index (χ1v) is 10.4. The lowest BCUT2D eigenvalue weighted by molar-refractivity contribution is 0.0590. The van der Waals surface area contributed by atoms with Crippen molar-refractivity contribution in [3.8, 4) is 5.75 Å². The molecular formula is C23H26N4O5. The molecule has 0 N–H and O–H groups in total. The van der Waals surface area contributed by atoms with Gasteiger partial charge in [0.15, 0.2) is 5.76 Å². The summed E-state index contributed by atoms with van der Waals surface area (Å²) >= 11 is 0. The van der Waals surface area contributed by atoms with Gasteiger partial charge in [-0.2, -0.15) is 5.10 Å². The van der Waals surface area contributed by atoms with Crippen LogP contribution in [0.5, 0.6) is 5.75 Å². The van der Waals surface area contributed by atoms with Crippen molar-refractivity contribution in [2.24, 2.45) is 7.05 Å². The smallest absolute Gasteiger partial charge is 0.337 e. The summed E-state index contributed by atoms with van der Waals surface area (Å²) in [4.78, 5) is 28.4. The summed E-state index contributed by atoms with van der Waals surface area (Å²) in [6.07, 6.45) is 3.88. The lowest BCUT2D eigenvalue weighted by atomic mass is 10.2. The second-order valence-corrected chi connectivity index (χ2v) is 7.66. The van der Waals surface area contributed by atoms with Crippen molar-refractivity contribution in [3.63, 3.8) is 0 Å². The van der Waals surface area contributed by atoms with Gasteiger partial charge in [0.2, 0.25) is 0 Å². The van der Waals surface area contributed by atoms with Crippen LogP contribution in [0.25, 0.3) is 0 Å². The maximum atomic E-state index is 12.8. The summed E-state index contributed by atoms with van der Waals surface area (Å²) in [7, 11) is 3.24. The predicted molar refractivity (Wildman–Crippen MR) is 115 cm³/mol. The number of esters is 1. The first kappa shape index (κ1) is 21.6. The number of rotatable bonds is 7. The molecular weight excluding hydrogens is 412 g/mol. The van der Waals surface area contributed by atoms with Gasteiger partial charge in [0.1, 0.15) is 18.1 Å². The van der Waals surface area contributed by atoms with Crippen LogP contribution in [0.3, 0.4) is 0 Å². The van der Waals surface area contributed by atoms with E-state index in [0.717, 1.165) is 19.6 Å². The third-order valence-corrected chi connectivity index (χ3v) is 5.35. The molecule has 32 heavy (non-hydrogen) atoms. The lowest BCUT2D eigenvalue weighted by Gasteiger charge is -2.34. The SMILES string of the molecule is COC(=O)c1ccc(OCc2ccc(C(=O)N3CCN(Cc4cnn(C)c4)CC3)o2)cc1. The lowest BCUT2D eigenvalue weighted by Crippen LogP contribution is -2.48. The van der Waals surface area contributed by atoms with Crippen LogP contribution >= 0.6 is 0 Å². The van der Waals surface area contributed by atoms with E-state index in [9.17, 15) is 9.59 Å². The zero-order valence-corrected chi connectivity index (χ0v) is 18.2. The van der Waals surface area contributed by atoms with Gasteiger partial charge in [0.05, 0.1) is 18.9 Å². The standard InChI is InChI=1S/C23H26N4O5/c1-25-14-17(13-24-25)15-26-9-11-27(12-10-26)22(28)21-8-7-20(32-21)16-31-19-5-3-18(4-6-19)23(29)30-2/h3-8,13-14H,9-12,15-16H2,1-2H3. The van der Waals surface area contributed by atoms with E-state index in [-0.39, 0.29) is 12.5 Å². The van der Waals surface area contributed by atoms with Crippen molar-refractivity contribution in [1.29, 1.82) is 0 Å². The predicted octanol–water partition coefficient (Wildman–Crippen LogP) is 2.34. The number of ether oxygens (including phenoxy) is 2. The van der Waals surface area contributed by atoms with Crippen LogP contribution in [0, 0.1) is 0 Å². The molecule has 1 aliphatic rings. The maximum absolute atomic E-state index is 12.8. The third kappa shape index (κ3) is 5.17. The van der Waals surface area contributed by atoms with E-state index in [4.69, 9.17) is 9.15 Å². The average molecular weight is 438 g/mol. The highest BCUT2D eigenvalue weighted by Crippen LogP contribution is 2.18. The van der Waals surface area contributed by atoms with Gasteiger partial charge >= 0.3 is 5.97 Å². The zero-order chi connectivity index (χ0) is 22.5. The Morgan fingerprint density at radius 2 is 1.81 bits per heavy atom. The number of hydrogen-bond acceptors (Lipinski definition) is 7. The molecule has 0 aliphatic carbocycles. The number of carbonyl (C=O) groups is 2. The monoisotopic (exact) mass is 438 g/mol. The number of nitrogens with zero attached hydrogens (tertiary/aromatic N) is 4. The Balaban J connectivity index is 1.26. The molecule has 168 valence electrons. The molecule has 2 aromatic heterocycles. The fourth-order valence-electron chi connectivity index (χ4n) is 3.61. The fourth-order valence-corrected chi connectivity index (χ4v) is 3.61. The Labute approximate surface area is 186 Å². The molecule has 0 atom stereocenters. The van der Waals surface area contributed by atoms with E-state index in [0.29, 0.717) is 35.9 Å². The second-order valence-electron chi connectivity index (χ2n) is 7.66. The Morgan fingerprint density at radius 3 is 2.47 bits per heavy atom. The minimum atomic E-state index is -0.399. The molecule has 3 aromatic rings. The number of piperazine rings is 1. The zero-order valence-electron chi connectivity index (χ0n) is 18.2. The van der Waals surface area contributed by atoms with Crippen molar-refractivity contribution in [2.75, 3.05) is 33.3 Å². The van der Waals surface area contributed by atoms with Gasteiger partial charge in [-0.05, 0) is 36.4 Å². The van der Waals surface area contributed by atoms with Gasteiger partial charge in [-0.3, -0.25) is 14.4 Å². The first-order chi connectivity index (χ1) is 15.5. The average Bonchev–Trinajstić information content (AvgIpc) is 3.46.